The molecular weight excluding hydrogens is 463 g/mol. The summed E-state index contributed by atoms with van der Waals surface area (Å²) in [6.45, 7) is 12.2. The van der Waals surface area contributed by atoms with Crippen molar-refractivity contribution >= 4 is 23.4 Å². The fourth-order valence-corrected chi connectivity index (χ4v) is 5.08. The van der Waals surface area contributed by atoms with Crippen LogP contribution >= 0.6 is 11.6 Å². The maximum atomic E-state index is 14.0. The normalized spacial score (nSPS) is 16.3. The molecule has 0 aliphatic carbocycles. The van der Waals surface area contributed by atoms with Crippen molar-refractivity contribution in [2.24, 2.45) is 0 Å². The highest BCUT2D eigenvalue weighted by atomic mass is 35.5. The number of hydrogen-bond donors (Lipinski definition) is 0. The van der Waals surface area contributed by atoms with E-state index in [9.17, 15) is 4.39 Å². The van der Waals surface area contributed by atoms with Crippen LogP contribution in [0.15, 0.2) is 47.3 Å². The van der Waals surface area contributed by atoms with Gasteiger partial charge in [-0.2, -0.15) is 4.98 Å². The lowest BCUT2D eigenvalue weighted by Crippen LogP contribution is -2.49. The van der Waals surface area contributed by atoms with Gasteiger partial charge in [-0.3, -0.25) is 0 Å². The molecule has 2 aliphatic heterocycles. The van der Waals surface area contributed by atoms with Crippen LogP contribution in [0.4, 0.5) is 16.2 Å². The van der Waals surface area contributed by atoms with Gasteiger partial charge in [0.1, 0.15) is 17.5 Å². The summed E-state index contributed by atoms with van der Waals surface area (Å²) in [4.78, 5) is 19.1. The third-order valence-electron chi connectivity index (χ3n) is 6.55. The van der Waals surface area contributed by atoms with Crippen LogP contribution in [0.3, 0.4) is 0 Å². The highest BCUT2D eigenvalue weighted by Crippen LogP contribution is 2.29. The van der Waals surface area contributed by atoms with Crippen molar-refractivity contribution in [2.75, 3.05) is 62.7 Å². The van der Waals surface area contributed by atoms with Crippen molar-refractivity contribution in [1.29, 1.82) is 0 Å². The van der Waals surface area contributed by atoms with Gasteiger partial charge in [-0.1, -0.05) is 31.5 Å². The average molecular weight is 499 g/mol. The van der Waals surface area contributed by atoms with E-state index in [1.54, 1.807) is 13.0 Å². The quantitative estimate of drug-likeness (QED) is 0.495. The summed E-state index contributed by atoms with van der Waals surface area (Å²) in [6.07, 6.45) is 6.12. The van der Waals surface area contributed by atoms with E-state index in [2.05, 4.69) is 46.6 Å². The molecule has 0 atom stereocenters. The summed E-state index contributed by atoms with van der Waals surface area (Å²) in [6, 6.07) is 7.24. The molecule has 0 radical (unpaired) electrons. The Balaban J connectivity index is 1.64. The molecule has 0 spiro atoms. The lowest BCUT2D eigenvalue weighted by Gasteiger charge is -2.41. The SMILES string of the molecule is CCCN(CCC)c1nc(-c2ccc(F)c(C)c2)cc(N2CCN(C3=C(Cl)C=CCN3C)CC2)n1. The Morgan fingerprint density at radius 1 is 1.00 bits per heavy atom. The molecule has 2 aliphatic rings. The Bertz CT molecular complexity index is 1090. The first kappa shape index (κ1) is 25.3. The standard InChI is InChI=1S/C27H36ClFN6/c1-5-11-35(12-6-2)27-30-24(21-9-10-23(29)20(3)18-21)19-25(31-27)33-14-16-34(17-15-33)26-22(28)8-7-13-32(26)4/h7-10,18-19H,5-6,11-17H2,1-4H3. The first-order valence-electron chi connectivity index (χ1n) is 12.6. The summed E-state index contributed by atoms with van der Waals surface area (Å²) in [5.41, 5.74) is 2.36. The molecule has 0 saturated carbocycles. The van der Waals surface area contributed by atoms with E-state index in [0.29, 0.717) is 5.56 Å². The number of aromatic nitrogens is 2. The number of allylic oxidation sites excluding steroid dienone is 2. The summed E-state index contributed by atoms with van der Waals surface area (Å²) >= 11 is 6.53. The third kappa shape index (κ3) is 5.72. The zero-order valence-electron chi connectivity index (χ0n) is 21.3. The molecule has 0 bridgehead atoms. The van der Waals surface area contributed by atoms with E-state index < -0.39 is 0 Å². The minimum atomic E-state index is -0.201. The number of hydrogen-bond acceptors (Lipinski definition) is 6. The number of aryl methyl sites for hydroxylation is 1. The van der Waals surface area contributed by atoms with Gasteiger partial charge < -0.3 is 19.6 Å². The number of nitrogens with zero attached hydrogens (tertiary/aromatic N) is 6. The molecule has 8 heteroatoms. The number of anilines is 2. The monoisotopic (exact) mass is 498 g/mol. The summed E-state index contributed by atoms with van der Waals surface area (Å²) in [7, 11) is 2.08. The van der Waals surface area contributed by atoms with Gasteiger partial charge in [-0.25, -0.2) is 9.37 Å². The molecule has 1 fully saturated rings. The van der Waals surface area contributed by atoms with Gasteiger partial charge in [-0.05, 0) is 49.6 Å². The molecule has 2 aromatic rings. The van der Waals surface area contributed by atoms with E-state index in [0.717, 1.165) is 92.5 Å². The first-order valence-corrected chi connectivity index (χ1v) is 13.0. The minimum Gasteiger partial charge on any atom is -0.356 e. The van der Waals surface area contributed by atoms with Gasteiger partial charge in [0.25, 0.3) is 0 Å². The Labute approximate surface area is 213 Å². The van der Waals surface area contributed by atoms with E-state index in [1.807, 2.05) is 18.2 Å². The molecule has 0 unspecified atom stereocenters. The zero-order valence-corrected chi connectivity index (χ0v) is 22.0. The molecule has 0 N–H and O–H groups in total. The Hall–Kier alpha value is -2.80. The smallest absolute Gasteiger partial charge is 0.227 e. The van der Waals surface area contributed by atoms with Crippen molar-refractivity contribution < 1.29 is 4.39 Å². The van der Waals surface area contributed by atoms with Crippen molar-refractivity contribution in [3.63, 3.8) is 0 Å². The molecule has 1 aromatic carbocycles. The van der Waals surface area contributed by atoms with Crippen molar-refractivity contribution in [1.82, 2.24) is 19.8 Å². The molecular formula is C27H36ClFN6. The average Bonchev–Trinajstić information content (AvgIpc) is 2.85. The molecule has 1 saturated heterocycles. The Morgan fingerprint density at radius 2 is 1.69 bits per heavy atom. The van der Waals surface area contributed by atoms with E-state index >= 15 is 0 Å². The van der Waals surface area contributed by atoms with Crippen LogP contribution < -0.4 is 9.80 Å². The highest BCUT2D eigenvalue weighted by Gasteiger charge is 2.25. The zero-order chi connectivity index (χ0) is 24.9. The molecule has 1 aromatic heterocycles. The van der Waals surface area contributed by atoms with E-state index in [1.165, 1.54) is 6.07 Å². The lowest BCUT2D eigenvalue weighted by atomic mass is 10.1. The van der Waals surface area contributed by atoms with Crippen molar-refractivity contribution in [2.45, 2.75) is 33.6 Å². The van der Waals surface area contributed by atoms with Crippen LogP contribution in [0.1, 0.15) is 32.3 Å². The molecule has 3 heterocycles. The van der Waals surface area contributed by atoms with Crippen LogP contribution in [0.2, 0.25) is 0 Å². The predicted molar refractivity (Wildman–Crippen MR) is 143 cm³/mol. The van der Waals surface area contributed by atoms with Gasteiger partial charge in [-0.15, -0.1) is 0 Å². The molecule has 188 valence electrons. The van der Waals surface area contributed by atoms with Crippen LogP contribution in [0.5, 0.6) is 0 Å². The van der Waals surface area contributed by atoms with Crippen LogP contribution in [0, 0.1) is 12.7 Å². The molecule has 35 heavy (non-hydrogen) atoms. The largest absolute Gasteiger partial charge is 0.356 e. The Kier molecular flexibility index (Phi) is 8.16. The highest BCUT2D eigenvalue weighted by molar-refractivity contribution is 6.31. The van der Waals surface area contributed by atoms with Gasteiger partial charge in [0.15, 0.2) is 0 Å². The fourth-order valence-electron chi connectivity index (χ4n) is 4.73. The van der Waals surface area contributed by atoms with Crippen LogP contribution in [-0.4, -0.2) is 72.6 Å². The van der Waals surface area contributed by atoms with Gasteiger partial charge in [0.05, 0.1) is 10.7 Å². The van der Waals surface area contributed by atoms with Gasteiger partial charge >= 0.3 is 0 Å². The number of benzene rings is 1. The summed E-state index contributed by atoms with van der Waals surface area (Å²) < 4.78 is 14.0. The number of rotatable bonds is 8. The van der Waals surface area contributed by atoms with Crippen molar-refractivity contribution in [3.05, 3.63) is 58.7 Å². The number of halogens is 2. The third-order valence-corrected chi connectivity index (χ3v) is 6.84. The van der Waals surface area contributed by atoms with Gasteiger partial charge in [0, 0.05) is 64.5 Å². The van der Waals surface area contributed by atoms with Crippen LogP contribution in [0.25, 0.3) is 11.3 Å². The fraction of sp³-hybridized carbons (Fsp3) is 0.481. The van der Waals surface area contributed by atoms with E-state index in [4.69, 9.17) is 21.6 Å². The Morgan fingerprint density at radius 3 is 2.31 bits per heavy atom. The molecule has 0 amide bonds. The topological polar surface area (TPSA) is 38.7 Å². The maximum Gasteiger partial charge on any atom is 0.227 e. The number of piperazine rings is 1. The maximum absolute atomic E-state index is 14.0. The molecule has 6 nitrogen and oxygen atoms in total. The second kappa shape index (κ2) is 11.3. The second-order valence-corrected chi connectivity index (χ2v) is 9.70. The predicted octanol–water partition coefficient (Wildman–Crippen LogP) is 5.25. The summed E-state index contributed by atoms with van der Waals surface area (Å²) in [5.74, 6) is 2.56. The van der Waals surface area contributed by atoms with E-state index in [-0.39, 0.29) is 5.82 Å². The van der Waals surface area contributed by atoms with Gasteiger partial charge in [0.2, 0.25) is 5.95 Å². The summed E-state index contributed by atoms with van der Waals surface area (Å²) in [5, 5.41) is 0.792. The lowest BCUT2D eigenvalue weighted by molar-refractivity contribution is 0.230. The first-order chi connectivity index (χ1) is 16.9. The number of likely N-dealkylation sites (N-methyl/N-ethyl adjacent to an activating group) is 1. The second-order valence-electron chi connectivity index (χ2n) is 9.29. The van der Waals surface area contributed by atoms with Crippen molar-refractivity contribution in [3.8, 4) is 11.3 Å². The molecule has 4 rings (SSSR count). The van der Waals surface area contributed by atoms with Crippen LogP contribution in [-0.2, 0) is 0 Å². The minimum absolute atomic E-state index is 0.201.